The minimum Gasteiger partial charge on any atom is -0.463 e. The Kier molecular flexibility index (Phi) is 5.85. The molecule has 8 nitrogen and oxygen atoms in total. The summed E-state index contributed by atoms with van der Waals surface area (Å²) in [4.78, 5) is 26.8. The second-order valence-electron chi connectivity index (χ2n) is 8.54. The molecule has 0 bridgehead atoms. The number of piperidine rings is 1. The Balaban J connectivity index is 1.69. The highest BCUT2D eigenvalue weighted by molar-refractivity contribution is 5.95. The molecule has 3 heterocycles. The topological polar surface area (TPSA) is 90.3 Å². The average molecular weight is 416 g/mol. The smallest absolute Gasteiger partial charge is 0.338 e. The van der Waals surface area contributed by atoms with Gasteiger partial charge in [0.05, 0.1) is 37.0 Å². The van der Waals surface area contributed by atoms with Gasteiger partial charge in [-0.1, -0.05) is 19.9 Å². The fourth-order valence-electron chi connectivity index (χ4n) is 4.87. The maximum atomic E-state index is 13.0. The van der Waals surface area contributed by atoms with Crippen molar-refractivity contribution in [1.82, 2.24) is 10.6 Å². The first kappa shape index (κ1) is 20.5. The summed E-state index contributed by atoms with van der Waals surface area (Å²) >= 11 is 0. The van der Waals surface area contributed by atoms with E-state index in [0.29, 0.717) is 41.1 Å². The van der Waals surface area contributed by atoms with E-state index in [2.05, 4.69) is 24.5 Å². The van der Waals surface area contributed by atoms with E-state index in [1.54, 1.807) is 13.0 Å². The molecule has 0 saturated carbocycles. The van der Waals surface area contributed by atoms with Crippen LogP contribution in [0.2, 0.25) is 0 Å². The van der Waals surface area contributed by atoms with Crippen molar-refractivity contribution >= 4 is 12.0 Å². The van der Waals surface area contributed by atoms with Gasteiger partial charge in [-0.25, -0.2) is 9.59 Å². The number of benzene rings is 1. The minimum atomic E-state index is -0.610. The van der Waals surface area contributed by atoms with Gasteiger partial charge in [0.2, 0.25) is 6.79 Å². The monoisotopic (exact) mass is 416 g/mol. The molecule has 4 rings (SSSR count). The van der Waals surface area contributed by atoms with Crippen LogP contribution in [0.25, 0.3) is 0 Å². The zero-order valence-corrected chi connectivity index (χ0v) is 17.7. The molecule has 30 heavy (non-hydrogen) atoms. The molecule has 1 aromatic carbocycles. The SMILES string of the molecule is CCOC(=O)C1=C(C[NH+]2C[C@@H](C)C[C@H](C)C2)NC(=O)N[C@@H]1c1ccc2c(c1)OCO2. The number of fused-ring (bicyclic) bond motifs is 1. The minimum absolute atomic E-state index is 0.165. The van der Waals surface area contributed by atoms with Crippen LogP contribution in [-0.2, 0) is 9.53 Å². The molecule has 3 aliphatic rings. The maximum absolute atomic E-state index is 13.0. The zero-order chi connectivity index (χ0) is 21.3. The maximum Gasteiger partial charge on any atom is 0.338 e. The molecule has 1 aromatic rings. The lowest BCUT2D eigenvalue weighted by atomic mass is 9.91. The number of esters is 1. The summed E-state index contributed by atoms with van der Waals surface area (Å²) in [6.45, 7) is 9.34. The number of ether oxygens (including phenoxy) is 3. The van der Waals surface area contributed by atoms with E-state index in [-0.39, 0.29) is 19.4 Å². The van der Waals surface area contributed by atoms with E-state index < -0.39 is 12.0 Å². The van der Waals surface area contributed by atoms with Crippen molar-refractivity contribution in [3.8, 4) is 11.5 Å². The van der Waals surface area contributed by atoms with Gasteiger partial charge in [0.1, 0.15) is 6.54 Å². The quantitative estimate of drug-likeness (QED) is 0.627. The van der Waals surface area contributed by atoms with Crippen LogP contribution in [0.1, 0.15) is 38.8 Å². The Morgan fingerprint density at radius 1 is 1.20 bits per heavy atom. The molecule has 0 spiro atoms. The fourth-order valence-corrected chi connectivity index (χ4v) is 4.87. The van der Waals surface area contributed by atoms with Gasteiger partial charge in [-0.2, -0.15) is 0 Å². The number of hydrogen-bond donors (Lipinski definition) is 3. The van der Waals surface area contributed by atoms with Gasteiger partial charge in [-0.3, -0.25) is 0 Å². The van der Waals surface area contributed by atoms with Crippen LogP contribution >= 0.6 is 0 Å². The summed E-state index contributed by atoms with van der Waals surface area (Å²) < 4.78 is 16.2. The van der Waals surface area contributed by atoms with E-state index in [9.17, 15) is 9.59 Å². The summed E-state index contributed by atoms with van der Waals surface area (Å²) in [5.41, 5.74) is 1.84. The van der Waals surface area contributed by atoms with Crippen LogP contribution in [-0.4, -0.2) is 45.0 Å². The lowest BCUT2D eigenvalue weighted by Crippen LogP contribution is -3.14. The molecule has 0 unspecified atom stereocenters. The Labute approximate surface area is 176 Å². The molecule has 0 aromatic heterocycles. The summed E-state index contributed by atoms with van der Waals surface area (Å²) in [7, 11) is 0. The summed E-state index contributed by atoms with van der Waals surface area (Å²) in [5.74, 6) is 2.06. The molecule has 3 N–H and O–H groups in total. The highest BCUT2D eigenvalue weighted by Gasteiger charge is 2.37. The molecule has 2 amide bonds. The van der Waals surface area contributed by atoms with Gasteiger partial charge in [-0.05, 0) is 31.0 Å². The first-order chi connectivity index (χ1) is 14.4. The third-order valence-electron chi connectivity index (χ3n) is 5.88. The highest BCUT2D eigenvalue weighted by atomic mass is 16.7. The van der Waals surface area contributed by atoms with Gasteiger partial charge >= 0.3 is 12.0 Å². The highest BCUT2D eigenvalue weighted by Crippen LogP contribution is 2.37. The van der Waals surface area contributed by atoms with Crippen molar-refractivity contribution in [2.45, 2.75) is 33.2 Å². The Morgan fingerprint density at radius 3 is 2.67 bits per heavy atom. The summed E-state index contributed by atoms with van der Waals surface area (Å²) in [6, 6.07) is 4.53. The Morgan fingerprint density at radius 2 is 1.93 bits per heavy atom. The van der Waals surface area contributed by atoms with Crippen LogP contribution in [0.15, 0.2) is 29.5 Å². The Bertz CT molecular complexity index is 858. The fraction of sp³-hybridized carbons (Fsp3) is 0.545. The van der Waals surface area contributed by atoms with E-state index in [1.165, 1.54) is 11.3 Å². The molecular formula is C22H30N3O5+. The number of carbonyl (C=O) groups is 2. The average Bonchev–Trinajstić information content (AvgIpc) is 3.14. The van der Waals surface area contributed by atoms with Crippen LogP contribution in [0, 0.1) is 11.8 Å². The van der Waals surface area contributed by atoms with Gasteiger partial charge in [-0.15, -0.1) is 0 Å². The van der Waals surface area contributed by atoms with Gasteiger partial charge < -0.3 is 29.7 Å². The number of carbonyl (C=O) groups excluding carboxylic acids is 2. The van der Waals surface area contributed by atoms with Crippen molar-refractivity contribution < 1.29 is 28.7 Å². The number of likely N-dealkylation sites (tertiary alicyclic amines) is 1. The van der Waals surface area contributed by atoms with Crippen molar-refractivity contribution in [2.24, 2.45) is 11.8 Å². The predicted octanol–water partition coefficient (Wildman–Crippen LogP) is 1.15. The molecule has 8 heteroatoms. The van der Waals surface area contributed by atoms with E-state index in [4.69, 9.17) is 14.2 Å². The number of quaternary nitrogens is 1. The van der Waals surface area contributed by atoms with Crippen molar-refractivity contribution in [3.05, 3.63) is 35.0 Å². The van der Waals surface area contributed by atoms with Crippen molar-refractivity contribution in [3.63, 3.8) is 0 Å². The zero-order valence-electron chi connectivity index (χ0n) is 17.7. The van der Waals surface area contributed by atoms with Gasteiger partial charge in [0, 0.05) is 11.8 Å². The third-order valence-corrected chi connectivity index (χ3v) is 5.88. The number of hydrogen-bond acceptors (Lipinski definition) is 5. The van der Waals surface area contributed by atoms with Crippen molar-refractivity contribution in [2.75, 3.05) is 33.0 Å². The number of amides is 2. The lowest BCUT2D eigenvalue weighted by molar-refractivity contribution is -0.907. The third kappa shape index (κ3) is 4.23. The molecular weight excluding hydrogens is 386 g/mol. The van der Waals surface area contributed by atoms with E-state index in [0.717, 1.165) is 18.7 Å². The predicted molar refractivity (Wildman–Crippen MR) is 109 cm³/mol. The lowest BCUT2D eigenvalue weighted by Gasteiger charge is -2.35. The molecule has 162 valence electrons. The number of nitrogens with one attached hydrogen (secondary N) is 3. The van der Waals surface area contributed by atoms with Crippen LogP contribution < -0.4 is 25.0 Å². The molecule has 1 fully saturated rings. The number of rotatable bonds is 5. The number of urea groups is 1. The molecule has 0 aliphatic carbocycles. The molecule has 1 saturated heterocycles. The van der Waals surface area contributed by atoms with E-state index in [1.807, 2.05) is 12.1 Å². The first-order valence-electron chi connectivity index (χ1n) is 10.6. The molecule has 3 aliphatic heterocycles. The largest absolute Gasteiger partial charge is 0.463 e. The normalized spacial score (nSPS) is 28.0. The van der Waals surface area contributed by atoms with Gasteiger partial charge in [0.15, 0.2) is 11.5 Å². The van der Waals surface area contributed by atoms with Gasteiger partial charge in [0.25, 0.3) is 0 Å². The van der Waals surface area contributed by atoms with Crippen LogP contribution in [0.4, 0.5) is 4.79 Å². The van der Waals surface area contributed by atoms with Crippen LogP contribution in [0.5, 0.6) is 11.5 Å². The summed E-state index contributed by atoms with van der Waals surface area (Å²) in [5, 5.41) is 5.77. The van der Waals surface area contributed by atoms with Crippen molar-refractivity contribution in [1.29, 1.82) is 0 Å². The second-order valence-corrected chi connectivity index (χ2v) is 8.54. The van der Waals surface area contributed by atoms with E-state index >= 15 is 0 Å². The standard InChI is InChI=1S/C22H29N3O5/c1-4-28-21(26)19-16(11-25-9-13(2)7-14(3)10-25)23-22(27)24-20(19)15-5-6-17-18(8-15)30-12-29-17/h5-6,8,13-14,20H,4,7,9-12H2,1-3H3,(H2,23,24,27)/p+1/t13-,14-,20+/m0/s1. The molecule has 0 radical (unpaired) electrons. The second kappa shape index (κ2) is 8.55. The first-order valence-corrected chi connectivity index (χ1v) is 10.6. The molecule has 3 atom stereocenters. The Hall–Kier alpha value is -2.74. The summed E-state index contributed by atoms with van der Waals surface area (Å²) in [6.07, 6.45) is 1.21. The van der Waals surface area contributed by atoms with Crippen LogP contribution in [0.3, 0.4) is 0 Å².